The smallest absolute Gasteiger partial charge is 0.462 e. The number of allylic oxidation sites excluding steroid dienone is 26. The van der Waals surface area contributed by atoms with Crippen molar-refractivity contribution in [3.8, 4) is 0 Å². The van der Waals surface area contributed by atoms with Crippen LogP contribution in [-0.4, -0.2) is 74.9 Å². The minimum Gasteiger partial charge on any atom is -0.462 e. The molecule has 2 atom stereocenters. The van der Waals surface area contributed by atoms with E-state index >= 15 is 0 Å². The predicted octanol–water partition coefficient (Wildman–Crippen LogP) is 27.1. The molecule has 0 spiro atoms. The molecule has 0 aliphatic carbocycles. The Bertz CT molecular complexity index is 2220. The summed E-state index contributed by atoms with van der Waals surface area (Å²) in [5, 5.41) is 0. The van der Waals surface area contributed by atoms with Gasteiger partial charge in [0.05, 0.1) is 27.7 Å². The van der Waals surface area contributed by atoms with E-state index in [1.54, 1.807) is 0 Å². The molecular formula is C88H151NO8P+. The number of rotatable bonds is 73. The Labute approximate surface area is 605 Å². The molecule has 0 heterocycles. The molecule has 560 valence electrons. The number of phosphoric ester groups is 1. The molecule has 0 radical (unpaired) electrons. The van der Waals surface area contributed by atoms with E-state index in [-0.39, 0.29) is 32.0 Å². The van der Waals surface area contributed by atoms with E-state index in [9.17, 15) is 19.0 Å². The van der Waals surface area contributed by atoms with E-state index in [1.807, 2.05) is 21.1 Å². The molecule has 0 saturated heterocycles. The van der Waals surface area contributed by atoms with Gasteiger partial charge in [-0.05, 0) is 122 Å². The van der Waals surface area contributed by atoms with E-state index in [2.05, 4.69) is 172 Å². The van der Waals surface area contributed by atoms with Crippen molar-refractivity contribution in [1.29, 1.82) is 0 Å². The lowest BCUT2D eigenvalue weighted by molar-refractivity contribution is -0.870. The SMILES string of the molecule is CC/C=C\C/C=C\C/C=C\C/C=C\C/C=C\C/C=C\C/C=C\C/C=C\C/C=C\CCCCCCCCCCCC(=O)OC(COC(=O)CCCCCCCCCCCCCCCCCCCCCCCCCC/C=C\C/C=C\C/C=C\C/C=C\CC)COP(=O)(O)OCC[N+](C)(C)C. The minimum absolute atomic E-state index is 0.0253. The van der Waals surface area contributed by atoms with Crippen molar-refractivity contribution < 1.29 is 42.1 Å². The van der Waals surface area contributed by atoms with Crippen LogP contribution in [0.5, 0.6) is 0 Å². The summed E-state index contributed by atoms with van der Waals surface area (Å²) in [5.74, 6) is -0.800. The van der Waals surface area contributed by atoms with Gasteiger partial charge in [-0.3, -0.25) is 18.6 Å². The molecule has 0 aromatic carbocycles. The Morgan fingerprint density at radius 1 is 0.316 bits per heavy atom. The van der Waals surface area contributed by atoms with E-state index in [0.29, 0.717) is 17.4 Å². The van der Waals surface area contributed by atoms with Crippen LogP contribution >= 0.6 is 7.82 Å². The molecule has 0 aromatic rings. The van der Waals surface area contributed by atoms with E-state index in [0.717, 1.165) is 128 Å². The van der Waals surface area contributed by atoms with Crippen molar-refractivity contribution in [2.45, 2.75) is 341 Å². The highest BCUT2D eigenvalue weighted by Crippen LogP contribution is 2.43. The molecule has 9 nitrogen and oxygen atoms in total. The lowest BCUT2D eigenvalue weighted by Gasteiger charge is -2.24. The largest absolute Gasteiger partial charge is 0.472 e. The standard InChI is InChI=1S/C88H150NO8P/c1-6-8-10-12-14-16-18-20-22-24-26-28-30-32-34-36-38-40-42-44-46-48-50-52-54-56-58-60-62-64-66-68-70-72-74-76-78-80-87(90)94-84-86(85-96-98(92,93)95-83-82-89(3,4)5)97-88(91)81-79-77-75-73-71-69-67-65-63-61-59-57-55-53-51-49-47-45-43-41-39-37-35-33-31-29-27-25-23-21-19-17-15-13-11-9-7-2/h8-11,14-17,20-23,26-29,33,35,39,41,45,47,51,53,57,59,86H,6-7,12-13,18-19,24-25,30-32,34,36-38,40,42-44,46,48-50,52,54-56,58,60-85H2,1-5H3/p+1/b10-8-,11-9-,16-14-,17-15-,22-20-,23-21-,28-26-,29-27-,35-33-,41-39-,47-45-,53-51-,59-57-. The van der Waals surface area contributed by atoms with Crippen LogP contribution < -0.4 is 0 Å². The number of ether oxygens (including phenoxy) is 2. The van der Waals surface area contributed by atoms with Crippen LogP contribution in [-0.2, 0) is 32.7 Å². The Kier molecular flexibility index (Phi) is 73.4. The van der Waals surface area contributed by atoms with E-state index in [4.69, 9.17) is 18.5 Å². The van der Waals surface area contributed by atoms with Crippen LogP contribution in [0, 0.1) is 0 Å². The summed E-state index contributed by atoms with van der Waals surface area (Å²) in [4.78, 5) is 36.0. The fourth-order valence-electron chi connectivity index (χ4n) is 11.0. The van der Waals surface area contributed by atoms with Gasteiger partial charge < -0.3 is 18.9 Å². The lowest BCUT2D eigenvalue weighted by atomic mass is 10.0. The van der Waals surface area contributed by atoms with Crippen molar-refractivity contribution in [3.05, 3.63) is 158 Å². The second-order valence-corrected chi connectivity index (χ2v) is 29.1. The number of likely N-dealkylation sites (N-methyl/N-ethyl adjacent to an activating group) is 1. The highest BCUT2D eigenvalue weighted by molar-refractivity contribution is 7.47. The second-order valence-electron chi connectivity index (χ2n) is 27.7. The minimum atomic E-state index is -4.41. The number of unbranched alkanes of at least 4 members (excludes halogenated alkanes) is 33. The molecule has 10 heteroatoms. The molecule has 0 amide bonds. The summed E-state index contributed by atoms with van der Waals surface area (Å²) >= 11 is 0. The highest BCUT2D eigenvalue weighted by Gasteiger charge is 2.27. The predicted molar refractivity (Wildman–Crippen MR) is 426 cm³/mol. The van der Waals surface area contributed by atoms with Gasteiger partial charge in [-0.1, -0.05) is 358 Å². The van der Waals surface area contributed by atoms with Crippen LogP contribution in [0.4, 0.5) is 0 Å². The van der Waals surface area contributed by atoms with Gasteiger partial charge in [-0.15, -0.1) is 0 Å². The third-order valence-electron chi connectivity index (χ3n) is 17.1. The third-order valence-corrected chi connectivity index (χ3v) is 18.0. The molecule has 0 rings (SSSR count). The Morgan fingerprint density at radius 2 is 0.551 bits per heavy atom. The van der Waals surface area contributed by atoms with Crippen LogP contribution in [0.2, 0.25) is 0 Å². The van der Waals surface area contributed by atoms with Gasteiger partial charge in [0.25, 0.3) is 0 Å². The maximum Gasteiger partial charge on any atom is 0.472 e. The molecule has 2 unspecified atom stereocenters. The van der Waals surface area contributed by atoms with Crippen LogP contribution in [0.15, 0.2) is 158 Å². The maximum absolute atomic E-state index is 12.9. The van der Waals surface area contributed by atoms with E-state index in [1.165, 1.54) is 173 Å². The number of nitrogens with zero attached hydrogens (tertiary/aromatic N) is 1. The highest BCUT2D eigenvalue weighted by atomic mass is 31.2. The molecule has 0 bridgehead atoms. The number of carbonyl (C=O) groups excluding carboxylic acids is 2. The zero-order chi connectivity index (χ0) is 71.1. The average molecular weight is 1380 g/mol. The first kappa shape index (κ1) is 93.6. The topological polar surface area (TPSA) is 108 Å². The number of esters is 2. The number of hydrogen-bond acceptors (Lipinski definition) is 7. The molecule has 0 aromatic heterocycles. The van der Waals surface area contributed by atoms with Gasteiger partial charge in [0.15, 0.2) is 6.10 Å². The maximum atomic E-state index is 12.9. The first-order valence-electron chi connectivity index (χ1n) is 40.2. The molecule has 0 saturated carbocycles. The van der Waals surface area contributed by atoms with Crippen LogP contribution in [0.1, 0.15) is 335 Å². The quantitative estimate of drug-likeness (QED) is 0.0211. The third kappa shape index (κ3) is 80.6. The van der Waals surface area contributed by atoms with Crippen molar-refractivity contribution >= 4 is 19.8 Å². The fourth-order valence-corrected chi connectivity index (χ4v) is 11.7. The van der Waals surface area contributed by atoms with Crippen molar-refractivity contribution in [1.82, 2.24) is 0 Å². The first-order chi connectivity index (χ1) is 48.0. The van der Waals surface area contributed by atoms with Crippen molar-refractivity contribution in [2.75, 3.05) is 47.5 Å². The first-order valence-corrected chi connectivity index (χ1v) is 41.7. The van der Waals surface area contributed by atoms with Gasteiger partial charge >= 0.3 is 19.8 Å². The van der Waals surface area contributed by atoms with Gasteiger partial charge in [-0.25, -0.2) is 4.57 Å². The number of carbonyl (C=O) groups is 2. The molecule has 0 aliphatic rings. The molecule has 0 fully saturated rings. The van der Waals surface area contributed by atoms with Crippen molar-refractivity contribution in [3.63, 3.8) is 0 Å². The summed E-state index contributed by atoms with van der Waals surface area (Å²) < 4.78 is 34.8. The van der Waals surface area contributed by atoms with Gasteiger partial charge in [0, 0.05) is 12.8 Å². The van der Waals surface area contributed by atoms with Crippen LogP contribution in [0.25, 0.3) is 0 Å². The summed E-state index contributed by atoms with van der Waals surface area (Å²) in [5.41, 5.74) is 0. The molecule has 1 N–H and O–H groups in total. The molecular weight excluding hydrogens is 1230 g/mol. The average Bonchev–Trinajstić information content (AvgIpc) is 1.08. The molecule has 0 aliphatic heterocycles. The van der Waals surface area contributed by atoms with Gasteiger partial charge in [0.1, 0.15) is 19.8 Å². The Balaban J connectivity index is 4.01. The summed E-state index contributed by atoms with van der Waals surface area (Å²) in [6.07, 6.45) is 115. The summed E-state index contributed by atoms with van der Waals surface area (Å²) in [7, 11) is 1.47. The van der Waals surface area contributed by atoms with E-state index < -0.39 is 26.5 Å². The van der Waals surface area contributed by atoms with Gasteiger partial charge in [-0.2, -0.15) is 0 Å². The Hall–Kier alpha value is -4.37. The zero-order valence-electron chi connectivity index (χ0n) is 64.0. The normalized spacial score (nSPS) is 13.9. The number of hydrogen-bond donors (Lipinski definition) is 1. The number of phosphoric acid groups is 1. The summed E-state index contributed by atoms with van der Waals surface area (Å²) in [6.45, 7) is 4.22. The molecule has 98 heavy (non-hydrogen) atoms. The summed E-state index contributed by atoms with van der Waals surface area (Å²) in [6, 6.07) is 0. The monoisotopic (exact) mass is 1380 g/mol. The zero-order valence-corrected chi connectivity index (χ0v) is 64.9. The second kappa shape index (κ2) is 76.8. The van der Waals surface area contributed by atoms with Gasteiger partial charge in [0.2, 0.25) is 0 Å². The lowest BCUT2D eigenvalue weighted by Crippen LogP contribution is -2.37. The Morgan fingerprint density at radius 3 is 0.816 bits per heavy atom. The van der Waals surface area contributed by atoms with Crippen LogP contribution in [0.3, 0.4) is 0 Å². The fraction of sp³-hybridized carbons (Fsp3) is 0.682. The van der Waals surface area contributed by atoms with Crippen molar-refractivity contribution in [2.24, 2.45) is 0 Å². The number of quaternary nitrogens is 1.